The molecule has 0 unspecified atom stereocenters. The lowest BCUT2D eigenvalue weighted by Crippen LogP contribution is -2.20. The van der Waals surface area contributed by atoms with Gasteiger partial charge in [0.1, 0.15) is 0 Å². The summed E-state index contributed by atoms with van der Waals surface area (Å²) in [5, 5.41) is 0.672. The summed E-state index contributed by atoms with van der Waals surface area (Å²) in [7, 11) is 0. The van der Waals surface area contributed by atoms with E-state index in [1.54, 1.807) is 23.9 Å². The van der Waals surface area contributed by atoms with Crippen LogP contribution < -0.4 is 5.56 Å². The highest BCUT2D eigenvalue weighted by Gasteiger charge is 1.99. The largest absolute Gasteiger partial charge is 0.295 e. The summed E-state index contributed by atoms with van der Waals surface area (Å²) < 4.78 is 1.55. The highest BCUT2D eigenvalue weighted by atomic mass is 35.5. The van der Waals surface area contributed by atoms with E-state index in [1.165, 1.54) is 6.07 Å². The molecule has 0 spiro atoms. The fraction of sp³-hybridized carbons (Fsp3) is 0.167. The lowest BCUT2D eigenvalue weighted by Gasteiger charge is -2.05. The Morgan fingerprint density at radius 1 is 1.38 bits per heavy atom. The molecule has 0 bridgehead atoms. The third-order valence-corrected chi connectivity index (χ3v) is 2.49. The van der Waals surface area contributed by atoms with E-state index in [1.807, 2.05) is 18.2 Å². The van der Waals surface area contributed by atoms with Crippen molar-refractivity contribution in [2.75, 3.05) is 0 Å². The van der Waals surface area contributed by atoms with Crippen LogP contribution in [0.15, 0.2) is 41.5 Å². The zero-order valence-electron chi connectivity index (χ0n) is 8.85. The summed E-state index contributed by atoms with van der Waals surface area (Å²) in [4.78, 5) is 15.7. The number of aromatic nitrogens is 2. The van der Waals surface area contributed by atoms with Crippen LogP contribution >= 0.6 is 11.6 Å². The van der Waals surface area contributed by atoms with E-state index in [9.17, 15) is 4.79 Å². The zero-order valence-corrected chi connectivity index (χ0v) is 9.61. The van der Waals surface area contributed by atoms with E-state index in [2.05, 4.69) is 4.98 Å². The van der Waals surface area contributed by atoms with E-state index in [0.29, 0.717) is 11.6 Å². The summed E-state index contributed by atoms with van der Waals surface area (Å²) in [6, 6.07) is 8.96. The molecule has 0 saturated heterocycles. The molecule has 0 aliphatic rings. The molecule has 0 fully saturated rings. The van der Waals surface area contributed by atoms with Crippen molar-refractivity contribution in [1.82, 2.24) is 9.55 Å². The fourth-order valence-corrected chi connectivity index (χ4v) is 1.68. The average molecular weight is 235 g/mol. The number of aryl methyl sites for hydroxylation is 1. The Hall–Kier alpha value is -1.61. The lowest BCUT2D eigenvalue weighted by molar-refractivity contribution is 0.730. The number of hydrogen-bond acceptors (Lipinski definition) is 2. The van der Waals surface area contributed by atoms with E-state index in [0.717, 1.165) is 11.3 Å². The maximum Gasteiger partial charge on any atom is 0.253 e. The topological polar surface area (TPSA) is 34.9 Å². The van der Waals surface area contributed by atoms with Gasteiger partial charge in [-0.2, -0.15) is 0 Å². The van der Waals surface area contributed by atoms with Crippen LogP contribution in [0.5, 0.6) is 0 Å². The first-order valence-electron chi connectivity index (χ1n) is 4.93. The van der Waals surface area contributed by atoms with Gasteiger partial charge < -0.3 is 0 Å². The van der Waals surface area contributed by atoms with Crippen molar-refractivity contribution in [3.8, 4) is 0 Å². The van der Waals surface area contributed by atoms with Crippen LogP contribution in [-0.2, 0) is 6.54 Å². The molecular formula is C12H11ClN2O. The molecule has 0 N–H and O–H groups in total. The van der Waals surface area contributed by atoms with Gasteiger partial charge >= 0.3 is 0 Å². The molecule has 16 heavy (non-hydrogen) atoms. The van der Waals surface area contributed by atoms with Crippen LogP contribution in [0.4, 0.5) is 0 Å². The second kappa shape index (κ2) is 4.49. The van der Waals surface area contributed by atoms with Gasteiger partial charge in [0.25, 0.3) is 5.56 Å². The quantitative estimate of drug-likeness (QED) is 0.799. The van der Waals surface area contributed by atoms with Crippen molar-refractivity contribution in [1.29, 1.82) is 0 Å². The standard InChI is InChI=1S/C12H11ClN2O/c1-9-5-12(16)15(8-14-9)7-10-3-2-4-11(13)6-10/h2-6,8H,7H2,1H3. The maximum absolute atomic E-state index is 11.6. The summed E-state index contributed by atoms with van der Waals surface area (Å²) in [5.74, 6) is 0. The molecule has 1 heterocycles. The van der Waals surface area contributed by atoms with E-state index in [4.69, 9.17) is 11.6 Å². The Balaban J connectivity index is 2.31. The molecule has 4 heteroatoms. The van der Waals surface area contributed by atoms with Gasteiger partial charge in [0.15, 0.2) is 0 Å². The van der Waals surface area contributed by atoms with Crippen LogP contribution in [0.3, 0.4) is 0 Å². The van der Waals surface area contributed by atoms with Gasteiger partial charge in [0.05, 0.1) is 12.9 Å². The Kier molecular flexibility index (Phi) is 3.06. The lowest BCUT2D eigenvalue weighted by atomic mass is 10.2. The van der Waals surface area contributed by atoms with Gasteiger partial charge in [0.2, 0.25) is 0 Å². The third kappa shape index (κ3) is 2.49. The number of halogens is 1. The first kappa shape index (κ1) is 10.9. The van der Waals surface area contributed by atoms with Crippen LogP contribution in [0.1, 0.15) is 11.3 Å². The molecule has 3 nitrogen and oxygen atoms in total. The second-order valence-corrected chi connectivity index (χ2v) is 4.06. The average Bonchev–Trinajstić information content (AvgIpc) is 2.22. The van der Waals surface area contributed by atoms with E-state index >= 15 is 0 Å². The molecule has 2 aromatic rings. The predicted octanol–water partition coefficient (Wildman–Crippen LogP) is 2.25. The SMILES string of the molecule is Cc1cc(=O)n(Cc2cccc(Cl)c2)cn1. The van der Waals surface area contributed by atoms with Crippen molar-refractivity contribution in [3.05, 3.63) is 63.3 Å². The van der Waals surface area contributed by atoms with E-state index in [-0.39, 0.29) is 5.56 Å². The molecular weight excluding hydrogens is 224 g/mol. The van der Waals surface area contributed by atoms with Crippen LogP contribution in [0.25, 0.3) is 0 Å². The van der Waals surface area contributed by atoms with Gasteiger partial charge in [-0.25, -0.2) is 4.98 Å². The normalized spacial score (nSPS) is 10.4. The molecule has 0 aliphatic heterocycles. The Morgan fingerprint density at radius 2 is 2.19 bits per heavy atom. The van der Waals surface area contributed by atoms with Crippen LogP contribution in [0.2, 0.25) is 5.02 Å². The van der Waals surface area contributed by atoms with Gasteiger partial charge in [-0.1, -0.05) is 23.7 Å². The van der Waals surface area contributed by atoms with Crippen LogP contribution in [0, 0.1) is 6.92 Å². The first-order valence-corrected chi connectivity index (χ1v) is 5.30. The molecule has 1 aromatic heterocycles. The summed E-state index contributed by atoms with van der Waals surface area (Å²) in [5.41, 5.74) is 1.67. The monoisotopic (exact) mass is 234 g/mol. The zero-order chi connectivity index (χ0) is 11.5. The highest BCUT2D eigenvalue weighted by Crippen LogP contribution is 2.11. The maximum atomic E-state index is 11.6. The highest BCUT2D eigenvalue weighted by molar-refractivity contribution is 6.30. The molecule has 2 rings (SSSR count). The first-order chi connectivity index (χ1) is 7.65. The van der Waals surface area contributed by atoms with Crippen molar-refractivity contribution in [3.63, 3.8) is 0 Å². The molecule has 1 aromatic carbocycles. The van der Waals surface area contributed by atoms with Gasteiger partial charge in [-0.3, -0.25) is 9.36 Å². The summed E-state index contributed by atoms with van der Waals surface area (Å²) >= 11 is 5.87. The predicted molar refractivity (Wildman–Crippen MR) is 63.8 cm³/mol. The third-order valence-electron chi connectivity index (χ3n) is 2.26. The summed E-state index contributed by atoms with van der Waals surface area (Å²) in [6.07, 6.45) is 1.55. The minimum atomic E-state index is -0.0486. The number of nitrogens with zero attached hydrogens (tertiary/aromatic N) is 2. The van der Waals surface area contributed by atoms with Crippen molar-refractivity contribution in [2.24, 2.45) is 0 Å². The Bertz CT molecular complexity index is 563. The van der Waals surface area contributed by atoms with E-state index < -0.39 is 0 Å². The van der Waals surface area contributed by atoms with Crippen molar-refractivity contribution < 1.29 is 0 Å². The Labute approximate surface area is 98.3 Å². The molecule has 0 radical (unpaired) electrons. The van der Waals surface area contributed by atoms with Crippen LogP contribution in [-0.4, -0.2) is 9.55 Å². The molecule has 0 amide bonds. The summed E-state index contributed by atoms with van der Waals surface area (Å²) in [6.45, 7) is 2.29. The Morgan fingerprint density at radius 3 is 2.88 bits per heavy atom. The fourth-order valence-electron chi connectivity index (χ4n) is 1.47. The molecule has 0 saturated carbocycles. The molecule has 0 aliphatic carbocycles. The van der Waals surface area contributed by atoms with Crippen molar-refractivity contribution >= 4 is 11.6 Å². The second-order valence-electron chi connectivity index (χ2n) is 3.63. The van der Waals surface area contributed by atoms with Crippen molar-refractivity contribution in [2.45, 2.75) is 13.5 Å². The van der Waals surface area contributed by atoms with Gasteiger partial charge in [-0.05, 0) is 24.6 Å². The number of hydrogen-bond donors (Lipinski definition) is 0. The van der Waals surface area contributed by atoms with Gasteiger partial charge in [0, 0.05) is 16.8 Å². The molecule has 82 valence electrons. The minimum Gasteiger partial charge on any atom is -0.295 e. The van der Waals surface area contributed by atoms with Gasteiger partial charge in [-0.15, -0.1) is 0 Å². The minimum absolute atomic E-state index is 0.0486. The molecule has 0 atom stereocenters. The smallest absolute Gasteiger partial charge is 0.253 e. The number of rotatable bonds is 2. The number of benzene rings is 1.